The molecule has 0 bridgehead atoms. The highest BCUT2D eigenvalue weighted by Crippen LogP contribution is 2.36. The molecule has 0 aliphatic carbocycles. The standard InChI is InChI=1S/C12H15N3OS/c1-4-13-12-11(16-3)10(14-7-15-12)9-6-5-8(2)17-9/h5-7H,4H2,1-3H3,(H,13,14,15). The zero-order valence-electron chi connectivity index (χ0n) is 10.2. The highest BCUT2D eigenvalue weighted by atomic mass is 32.1. The van der Waals surface area contributed by atoms with Crippen molar-refractivity contribution >= 4 is 17.2 Å². The van der Waals surface area contributed by atoms with Crippen LogP contribution in [-0.4, -0.2) is 23.6 Å². The van der Waals surface area contributed by atoms with Gasteiger partial charge in [-0.2, -0.15) is 0 Å². The molecule has 0 aliphatic rings. The SMILES string of the molecule is CCNc1ncnc(-c2ccc(C)s2)c1OC. The number of rotatable bonds is 4. The van der Waals surface area contributed by atoms with Crippen LogP contribution < -0.4 is 10.1 Å². The van der Waals surface area contributed by atoms with Crippen molar-refractivity contribution in [3.05, 3.63) is 23.3 Å². The van der Waals surface area contributed by atoms with Gasteiger partial charge in [-0.15, -0.1) is 11.3 Å². The molecule has 0 unspecified atom stereocenters. The van der Waals surface area contributed by atoms with Crippen molar-refractivity contribution in [2.75, 3.05) is 19.0 Å². The van der Waals surface area contributed by atoms with E-state index in [0.717, 1.165) is 22.9 Å². The maximum Gasteiger partial charge on any atom is 0.188 e. The van der Waals surface area contributed by atoms with Crippen LogP contribution in [0.15, 0.2) is 18.5 Å². The minimum atomic E-state index is 0.705. The summed E-state index contributed by atoms with van der Waals surface area (Å²) in [5.74, 6) is 1.45. The van der Waals surface area contributed by atoms with Gasteiger partial charge in [0.15, 0.2) is 11.6 Å². The fourth-order valence-corrected chi connectivity index (χ4v) is 2.46. The molecule has 0 spiro atoms. The molecule has 0 saturated carbocycles. The summed E-state index contributed by atoms with van der Waals surface area (Å²) >= 11 is 1.70. The van der Waals surface area contributed by atoms with Crippen LogP contribution in [0.3, 0.4) is 0 Å². The molecule has 1 N–H and O–H groups in total. The molecule has 0 aliphatic heterocycles. The van der Waals surface area contributed by atoms with E-state index in [9.17, 15) is 0 Å². The lowest BCUT2D eigenvalue weighted by Gasteiger charge is -2.10. The summed E-state index contributed by atoms with van der Waals surface area (Å²) in [6.07, 6.45) is 1.56. The van der Waals surface area contributed by atoms with Gasteiger partial charge < -0.3 is 10.1 Å². The van der Waals surface area contributed by atoms with Gasteiger partial charge in [0.25, 0.3) is 0 Å². The Balaban J connectivity index is 2.49. The molecule has 0 fully saturated rings. The van der Waals surface area contributed by atoms with Crippen LogP contribution in [0, 0.1) is 6.92 Å². The Labute approximate surface area is 105 Å². The molecule has 0 radical (unpaired) electrons. The van der Waals surface area contributed by atoms with Gasteiger partial charge in [0, 0.05) is 11.4 Å². The largest absolute Gasteiger partial charge is 0.491 e. The van der Waals surface area contributed by atoms with E-state index in [-0.39, 0.29) is 0 Å². The van der Waals surface area contributed by atoms with Gasteiger partial charge >= 0.3 is 0 Å². The number of methoxy groups -OCH3 is 1. The highest BCUT2D eigenvalue weighted by molar-refractivity contribution is 7.15. The van der Waals surface area contributed by atoms with Crippen molar-refractivity contribution in [2.24, 2.45) is 0 Å². The summed E-state index contributed by atoms with van der Waals surface area (Å²) in [4.78, 5) is 10.9. The summed E-state index contributed by atoms with van der Waals surface area (Å²) in [5, 5.41) is 3.17. The quantitative estimate of drug-likeness (QED) is 0.905. The fraction of sp³-hybridized carbons (Fsp3) is 0.333. The van der Waals surface area contributed by atoms with Crippen molar-refractivity contribution in [2.45, 2.75) is 13.8 Å². The summed E-state index contributed by atoms with van der Waals surface area (Å²) in [5.41, 5.74) is 0.844. The summed E-state index contributed by atoms with van der Waals surface area (Å²) in [6.45, 7) is 4.90. The molecular formula is C12H15N3OS. The highest BCUT2D eigenvalue weighted by Gasteiger charge is 2.14. The van der Waals surface area contributed by atoms with Crippen LogP contribution >= 0.6 is 11.3 Å². The van der Waals surface area contributed by atoms with Gasteiger partial charge in [0.2, 0.25) is 0 Å². The number of thiophene rings is 1. The Morgan fingerprint density at radius 2 is 2.18 bits per heavy atom. The second kappa shape index (κ2) is 5.14. The number of aryl methyl sites for hydroxylation is 1. The topological polar surface area (TPSA) is 47.0 Å². The fourth-order valence-electron chi connectivity index (χ4n) is 1.60. The molecule has 5 heteroatoms. The molecule has 2 aromatic heterocycles. The van der Waals surface area contributed by atoms with E-state index < -0.39 is 0 Å². The van der Waals surface area contributed by atoms with Crippen molar-refractivity contribution in [1.82, 2.24) is 9.97 Å². The van der Waals surface area contributed by atoms with Crippen LogP contribution in [0.25, 0.3) is 10.6 Å². The molecule has 17 heavy (non-hydrogen) atoms. The van der Waals surface area contributed by atoms with Crippen LogP contribution in [0.2, 0.25) is 0 Å². The minimum absolute atomic E-state index is 0.705. The predicted molar refractivity (Wildman–Crippen MR) is 70.8 cm³/mol. The zero-order chi connectivity index (χ0) is 12.3. The van der Waals surface area contributed by atoms with E-state index in [4.69, 9.17) is 4.74 Å². The molecule has 0 saturated heterocycles. The number of hydrogen-bond donors (Lipinski definition) is 1. The van der Waals surface area contributed by atoms with Crippen LogP contribution in [0.4, 0.5) is 5.82 Å². The maximum atomic E-state index is 5.41. The average Bonchev–Trinajstić information content (AvgIpc) is 2.76. The molecule has 90 valence electrons. The van der Waals surface area contributed by atoms with E-state index in [1.54, 1.807) is 24.8 Å². The normalized spacial score (nSPS) is 10.3. The van der Waals surface area contributed by atoms with Gasteiger partial charge in [-0.3, -0.25) is 0 Å². The third kappa shape index (κ3) is 2.39. The lowest BCUT2D eigenvalue weighted by atomic mass is 10.3. The van der Waals surface area contributed by atoms with Gasteiger partial charge in [0.1, 0.15) is 12.0 Å². The first kappa shape index (κ1) is 11.9. The Kier molecular flexibility index (Phi) is 3.58. The van der Waals surface area contributed by atoms with Crippen molar-refractivity contribution in [3.63, 3.8) is 0 Å². The molecular weight excluding hydrogens is 234 g/mol. The smallest absolute Gasteiger partial charge is 0.188 e. The van der Waals surface area contributed by atoms with E-state index >= 15 is 0 Å². The predicted octanol–water partition coefficient (Wildman–Crippen LogP) is 2.95. The third-order valence-corrected chi connectivity index (χ3v) is 3.33. The number of ether oxygens (including phenoxy) is 1. The summed E-state index contributed by atoms with van der Waals surface area (Å²) in [7, 11) is 1.64. The van der Waals surface area contributed by atoms with Crippen molar-refractivity contribution < 1.29 is 4.74 Å². The first-order valence-electron chi connectivity index (χ1n) is 5.46. The monoisotopic (exact) mass is 249 g/mol. The Hall–Kier alpha value is -1.62. The second-order valence-electron chi connectivity index (χ2n) is 3.54. The lowest BCUT2D eigenvalue weighted by Crippen LogP contribution is -2.03. The first-order chi connectivity index (χ1) is 8.26. The molecule has 2 rings (SSSR count). The van der Waals surface area contributed by atoms with Crippen LogP contribution in [0.5, 0.6) is 5.75 Å². The molecule has 2 heterocycles. The van der Waals surface area contributed by atoms with E-state index in [1.807, 2.05) is 6.92 Å². The van der Waals surface area contributed by atoms with E-state index in [2.05, 4.69) is 34.3 Å². The van der Waals surface area contributed by atoms with Crippen LogP contribution in [-0.2, 0) is 0 Å². The molecule has 0 atom stereocenters. The zero-order valence-corrected chi connectivity index (χ0v) is 11.0. The number of nitrogens with one attached hydrogen (secondary N) is 1. The van der Waals surface area contributed by atoms with Gasteiger partial charge in [-0.1, -0.05) is 0 Å². The molecule has 2 aromatic rings. The number of hydrogen-bond acceptors (Lipinski definition) is 5. The second-order valence-corrected chi connectivity index (χ2v) is 4.83. The Bertz CT molecular complexity index is 510. The third-order valence-electron chi connectivity index (χ3n) is 2.33. The lowest BCUT2D eigenvalue weighted by molar-refractivity contribution is 0.415. The summed E-state index contributed by atoms with van der Waals surface area (Å²) in [6, 6.07) is 4.13. The number of anilines is 1. The van der Waals surface area contributed by atoms with Crippen molar-refractivity contribution in [1.29, 1.82) is 0 Å². The number of nitrogens with zero attached hydrogens (tertiary/aromatic N) is 2. The summed E-state index contributed by atoms with van der Waals surface area (Å²) < 4.78 is 5.41. The van der Waals surface area contributed by atoms with E-state index in [0.29, 0.717) is 5.75 Å². The number of aromatic nitrogens is 2. The van der Waals surface area contributed by atoms with Gasteiger partial charge in [-0.25, -0.2) is 9.97 Å². The van der Waals surface area contributed by atoms with Gasteiger partial charge in [0.05, 0.1) is 12.0 Å². The Morgan fingerprint density at radius 3 is 2.76 bits per heavy atom. The maximum absolute atomic E-state index is 5.41. The first-order valence-corrected chi connectivity index (χ1v) is 6.27. The molecule has 0 aromatic carbocycles. The van der Waals surface area contributed by atoms with Crippen LogP contribution in [0.1, 0.15) is 11.8 Å². The molecule has 4 nitrogen and oxygen atoms in total. The van der Waals surface area contributed by atoms with Crippen molar-refractivity contribution in [3.8, 4) is 16.3 Å². The average molecular weight is 249 g/mol. The minimum Gasteiger partial charge on any atom is -0.491 e. The Morgan fingerprint density at radius 1 is 1.35 bits per heavy atom. The molecule has 0 amide bonds. The van der Waals surface area contributed by atoms with E-state index in [1.165, 1.54) is 4.88 Å². The van der Waals surface area contributed by atoms with Gasteiger partial charge in [-0.05, 0) is 26.0 Å².